The molecule has 1 aromatic carbocycles. The summed E-state index contributed by atoms with van der Waals surface area (Å²) in [6.45, 7) is -0.136. The normalized spacial score (nSPS) is 11.0. The smallest absolute Gasteiger partial charge is 0.332 e. The van der Waals surface area contributed by atoms with E-state index in [1.165, 1.54) is 29.6 Å². The molecule has 0 aliphatic rings. The molecule has 0 aliphatic carbocycles. The molecule has 27 heavy (non-hydrogen) atoms. The third-order valence-corrected chi connectivity index (χ3v) is 4.48. The fraction of sp³-hybridized carbons (Fsp3) is 0.294. The van der Waals surface area contributed by atoms with Crippen molar-refractivity contribution in [2.24, 2.45) is 14.1 Å². The topological polar surface area (TPSA) is 94.2 Å². The minimum atomic E-state index is -0.505. The minimum Gasteiger partial charge on any atom is -0.376 e. The van der Waals surface area contributed by atoms with Crippen molar-refractivity contribution >= 4 is 40.0 Å². The van der Waals surface area contributed by atoms with E-state index in [4.69, 9.17) is 11.6 Å². The van der Waals surface area contributed by atoms with Crippen molar-refractivity contribution in [2.75, 3.05) is 24.3 Å². The van der Waals surface area contributed by atoms with Gasteiger partial charge in [0, 0.05) is 33.2 Å². The van der Waals surface area contributed by atoms with Crippen LogP contribution in [0.3, 0.4) is 0 Å². The van der Waals surface area contributed by atoms with Gasteiger partial charge in [-0.25, -0.2) is 9.78 Å². The van der Waals surface area contributed by atoms with Gasteiger partial charge < -0.3 is 14.8 Å². The number of nitrogens with one attached hydrogen (secondary N) is 1. The molecule has 0 bridgehead atoms. The summed E-state index contributed by atoms with van der Waals surface area (Å²) >= 11 is 6.03. The number of aryl methyl sites for hydroxylation is 1. The molecular formula is C17H19ClN6O3. The zero-order valence-corrected chi connectivity index (χ0v) is 16.1. The number of anilines is 2. The Morgan fingerprint density at radius 2 is 1.93 bits per heavy atom. The number of rotatable bonds is 4. The zero-order valence-electron chi connectivity index (χ0n) is 15.4. The summed E-state index contributed by atoms with van der Waals surface area (Å²) in [6.07, 6.45) is 1.37. The van der Waals surface area contributed by atoms with E-state index < -0.39 is 11.2 Å². The highest BCUT2D eigenvalue weighted by Gasteiger charge is 2.17. The number of nitrogens with zero attached hydrogens (tertiary/aromatic N) is 5. The van der Waals surface area contributed by atoms with Crippen molar-refractivity contribution in [3.8, 4) is 0 Å². The Morgan fingerprint density at radius 1 is 1.22 bits per heavy atom. The van der Waals surface area contributed by atoms with Gasteiger partial charge in [-0.15, -0.1) is 0 Å². The van der Waals surface area contributed by atoms with E-state index in [2.05, 4.69) is 10.3 Å². The molecule has 0 radical (unpaired) electrons. The SMILES string of the molecule is CN(C)c1ccc(Cl)cc1NC(=O)Cn1cnc2c1c(=O)n(C)c(=O)n2C. The first kappa shape index (κ1) is 18.7. The van der Waals surface area contributed by atoms with Crippen LogP contribution in [0.4, 0.5) is 11.4 Å². The molecule has 1 amide bonds. The van der Waals surface area contributed by atoms with Gasteiger partial charge in [-0.3, -0.25) is 18.7 Å². The van der Waals surface area contributed by atoms with Crippen LogP contribution in [0.2, 0.25) is 5.02 Å². The highest BCUT2D eigenvalue weighted by Crippen LogP contribution is 2.27. The van der Waals surface area contributed by atoms with Crippen molar-refractivity contribution in [1.29, 1.82) is 0 Å². The third kappa shape index (κ3) is 3.33. The van der Waals surface area contributed by atoms with Gasteiger partial charge in [-0.2, -0.15) is 0 Å². The molecule has 3 aromatic rings. The molecule has 0 fully saturated rings. The fourth-order valence-electron chi connectivity index (χ4n) is 2.86. The second kappa shape index (κ2) is 6.92. The number of hydrogen-bond donors (Lipinski definition) is 1. The Labute approximate surface area is 159 Å². The lowest BCUT2D eigenvalue weighted by atomic mass is 10.2. The Hall–Kier alpha value is -3.07. The first-order chi connectivity index (χ1) is 12.7. The number of halogens is 1. The molecule has 0 atom stereocenters. The van der Waals surface area contributed by atoms with Crippen LogP contribution in [0, 0.1) is 0 Å². The predicted octanol–water partition coefficient (Wildman–Crippen LogP) is 0.792. The van der Waals surface area contributed by atoms with Gasteiger partial charge in [0.05, 0.1) is 17.7 Å². The lowest BCUT2D eigenvalue weighted by molar-refractivity contribution is -0.116. The van der Waals surface area contributed by atoms with Crippen LogP contribution < -0.4 is 21.5 Å². The van der Waals surface area contributed by atoms with E-state index in [0.717, 1.165) is 10.3 Å². The third-order valence-electron chi connectivity index (χ3n) is 4.25. The lowest BCUT2D eigenvalue weighted by Crippen LogP contribution is -2.37. The summed E-state index contributed by atoms with van der Waals surface area (Å²) in [5.41, 5.74) is 0.789. The first-order valence-corrected chi connectivity index (χ1v) is 8.46. The van der Waals surface area contributed by atoms with Crippen LogP contribution in [0.1, 0.15) is 0 Å². The number of carbonyl (C=O) groups excluding carboxylic acids is 1. The maximum atomic E-state index is 12.6. The number of carbonyl (C=O) groups is 1. The molecule has 9 nitrogen and oxygen atoms in total. The standard InChI is InChI=1S/C17H19ClN6O3/c1-21(2)12-6-5-10(18)7-11(12)20-13(25)8-24-9-19-15-14(24)16(26)23(4)17(27)22(15)3/h5-7,9H,8H2,1-4H3,(H,20,25). The molecule has 2 heterocycles. The van der Waals surface area contributed by atoms with Crippen LogP contribution in [0.15, 0.2) is 34.1 Å². The van der Waals surface area contributed by atoms with Gasteiger partial charge in [-0.1, -0.05) is 11.6 Å². The first-order valence-electron chi connectivity index (χ1n) is 8.08. The van der Waals surface area contributed by atoms with E-state index in [-0.39, 0.29) is 23.6 Å². The van der Waals surface area contributed by atoms with Crippen LogP contribution in [0.25, 0.3) is 11.2 Å². The van der Waals surface area contributed by atoms with Gasteiger partial charge in [-0.05, 0) is 18.2 Å². The molecule has 0 aliphatic heterocycles. The molecular weight excluding hydrogens is 372 g/mol. The average molecular weight is 391 g/mol. The molecule has 3 rings (SSSR count). The summed E-state index contributed by atoms with van der Waals surface area (Å²) in [4.78, 5) is 42.9. The van der Waals surface area contributed by atoms with E-state index in [1.54, 1.807) is 18.2 Å². The highest BCUT2D eigenvalue weighted by atomic mass is 35.5. The van der Waals surface area contributed by atoms with Gasteiger partial charge in [0.25, 0.3) is 5.56 Å². The Morgan fingerprint density at radius 3 is 2.59 bits per heavy atom. The molecule has 2 aromatic heterocycles. The van der Waals surface area contributed by atoms with E-state index >= 15 is 0 Å². The van der Waals surface area contributed by atoms with Crippen LogP contribution in [-0.4, -0.2) is 38.7 Å². The largest absolute Gasteiger partial charge is 0.376 e. The Balaban J connectivity index is 1.96. The molecule has 10 heteroatoms. The average Bonchev–Trinajstić information content (AvgIpc) is 3.01. The highest BCUT2D eigenvalue weighted by molar-refractivity contribution is 6.31. The monoisotopic (exact) mass is 390 g/mol. The molecule has 0 saturated heterocycles. The second-order valence-corrected chi connectivity index (χ2v) is 6.79. The molecule has 0 spiro atoms. The minimum absolute atomic E-state index is 0.136. The maximum Gasteiger partial charge on any atom is 0.332 e. The van der Waals surface area contributed by atoms with Crippen molar-refractivity contribution in [1.82, 2.24) is 18.7 Å². The van der Waals surface area contributed by atoms with E-state index in [9.17, 15) is 14.4 Å². The molecule has 0 unspecified atom stereocenters. The molecule has 1 N–H and O–H groups in total. The van der Waals surface area contributed by atoms with Crippen LogP contribution in [-0.2, 0) is 25.4 Å². The number of imidazole rings is 1. The van der Waals surface area contributed by atoms with Crippen LogP contribution in [0.5, 0.6) is 0 Å². The summed E-state index contributed by atoms with van der Waals surface area (Å²) in [6, 6.07) is 5.19. The molecule has 0 saturated carbocycles. The van der Waals surface area contributed by atoms with Crippen molar-refractivity contribution < 1.29 is 4.79 Å². The number of benzene rings is 1. The lowest BCUT2D eigenvalue weighted by Gasteiger charge is -2.18. The van der Waals surface area contributed by atoms with Gasteiger partial charge in [0.15, 0.2) is 11.2 Å². The Kier molecular flexibility index (Phi) is 4.79. The van der Waals surface area contributed by atoms with Gasteiger partial charge >= 0.3 is 5.69 Å². The van der Waals surface area contributed by atoms with Crippen molar-refractivity contribution in [3.63, 3.8) is 0 Å². The van der Waals surface area contributed by atoms with Gasteiger partial charge in [0.1, 0.15) is 6.54 Å². The van der Waals surface area contributed by atoms with Crippen molar-refractivity contribution in [2.45, 2.75) is 6.54 Å². The fourth-order valence-corrected chi connectivity index (χ4v) is 3.03. The summed E-state index contributed by atoms with van der Waals surface area (Å²) in [5, 5.41) is 3.30. The number of aromatic nitrogens is 4. The Bertz CT molecular complexity index is 1160. The van der Waals surface area contributed by atoms with E-state index in [0.29, 0.717) is 10.7 Å². The van der Waals surface area contributed by atoms with Crippen molar-refractivity contribution in [3.05, 3.63) is 50.4 Å². The van der Waals surface area contributed by atoms with Crippen LogP contribution >= 0.6 is 11.6 Å². The van der Waals surface area contributed by atoms with Gasteiger partial charge in [0.2, 0.25) is 5.91 Å². The number of amides is 1. The number of fused-ring (bicyclic) bond motifs is 1. The maximum absolute atomic E-state index is 12.6. The van der Waals surface area contributed by atoms with E-state index in [1.807, 2.05) is 19.0 Å². The summed E-state index contributed by atoms with van der Waals surface area (Å²) < 4.78 is 3.68. The zero-order chi connectivity index (χ0) is 19.9. The number of hydrogen-bond acceptors (Lipinski definition) is 5. The summed E-state index contributed by atoms with van der Waals surface area (Å²) in [5.74, 6) is -0.351. The predicted molar refractivity (Wildman–Crippen MR) is 105 cm³/mol. The quantitative estimate of drug-likeness (QED) is 0.710. The second-order valence-electron chi connectivity index (χ2n) is 6.35. The molecule has 142 valence electrons. The summed E-state index contributed by atoms with van der Waals surface area (Å²) in [7, 11) is 6.62.